The van der Waals surface area contributed by atoms with Gasteiger partial charge in [-0.1, -0.05) is 41.3 Å². The van der Waals surface area contributed by atoms with Crippen molar-refractivity contribution in [1.29, 1.82) is 0 Å². The molecule has 3 aromatic rings. The molecule has 0 aliphatic carbocycles. The zero-order chi connectivity index (χ0) is 26.5. The van der Waals surface area contributed by atoms with Crippen molar-refractivity contribution < 1.29 is 32.3 Å². The second kappa shape index (κ2) is 9.38. The monoisotopic (exact) mass is 549 g/mol. The molecule has 3 atom stereocenters. The average Bonchev–Trinajstić information content (AvgIpc) is 3.32. The maximum absolute atomic E-state index is 13.0. The Labute approximate surface area is 215 Å². The lowest BCUT2D eigenvalue weighted by molar-refractivity contribution is -0.137. The lowest BCUT2D eigenvalue weighted by Crippen LogP contribution is -2.32. The van der Waals surface area contributed by atoms with Crippen LogP contribution in [0.15, 0.2) is 58.4 Å². The molecule has 2 aliphatic heterocycles. The number of benzene rings is 2. The van der Waals surface area contributed by atoms with E-state index in [2.05, 4.69) is 10.6 Å². The third kappa shape index (κ3) is 4.64. The van der Waals surface area contributed by atoms with E-state index < -0.39 is 58.0 Å². The maximum atomic E-state index is 13.0. The topological polar surface area (TPSA) is 106 Å². The highest BCUT2D eigenvalue weighted by Crippen LogP contribution is 2.51. The molecule has 0 spiro atoms. The van der Waals surface area contributed by atoms with Crippen molar-refractivity contribution in [1.82, 2.24) is 9.88 Å². The predicted octanol–water partition coefficient (Wildman–Crippen LogP) is 3.45. The number of amides is 3. The summed E-state index contributed by atoms with van der Waals surface area (Å²) in [6.07, 6.45) is -4.58. The van der Waals surface area contributed by atoms with Gasteiger partial charge in [0.25, 0.3) is 0 Å². The van der Waals surface area contributed by atoms with Crippen LogP contribution in [0.2, 0.25) is 0 Å². The van der Waals surface area contributed by atoms with E-state index in [1.807, 2.05) is 0 Å². The molecule has 3 heterocycles. The fourth-order valence-electron chi connectivity index (χ4n) is 4.46. The lowest BCUT2D eigenvalue weighted by Gasteiger charge is -2.30. The standard InChI is InChI=1S/C24H18F3N3O5S2/c1-35-14-7-5-11(6-8-14)16-17-18(21(33)29-20(17)32)36-22-19(16)37-23(34)30(22)10-15(31)28-13-4-2-3-12(9-13)24(25,26)27/h2-9,16-18H,10H2,1H3,(H,28,31)(H,29,32,33)/t16-,17+,18-/m0/s1. The number of hydrogen-bond acceptors (Lipinski definition) is 7. The molecule has 2 N–H and O–H groups in total. The summed E-state index contributed by atoms with van der Waals surface area (Å²) in [5.41, 5.74) is -0.290. The highest BCUT2D eigenvalue weighted by molar-refractivity contribution is 8.00. The fraction of sp³-hybridized carbons (Fsp3) is 0.250. The van der Waals surface area contributed by atoms with Crippen molar-refractivity contribution >= 4 is 46.5 Å². The number of aromatic nitrogens is 1. The Balaban J connectivity index is 1.49. The molecule has 3 amide bonds. The predicted molar refractivity (Wildman–Crippen MR) is 130 cm³/mol. The first-order valence-corrected chi connectivity index (χ1v) is 12.6. The van der Waals surface area contributed by atoms with Crippen molar-refractivity contribution in [2.75, 3.05) is 12.4 Å². The van der Waals surface area contributed by atoms with Crippen LogP contribution in [0.1, 0.15) is 21.9 Å². The maximum Gasteiger partial charge on any atom is 0.416 e. The van der Waals surface area contributed by atoms with Gasteiger partial charge in [0.1, 0.15) is 17.5 Å². The fourth-order valence-corrected chi connectivity index (χ4v) is 7.20. The van der Waals surface area contributed by atoms with Crippen molar-refractivity contribution in [2.45, 2.75) is 28.9 Å². The van der Waals surface area contributed by atoms with Gasteiger partial charge in [-0.15, -0.1) is 0 Å². The highest BCUT2D eigenvalue weighted by Gasteiger charge is 2.52. The molecule has 2 aliphatic rings. The largest absolute Gasteiger partial charge is 0.497 e. The van der Waals surface area contributed by atoms with Crippen LogP contribution in [0, 0.1) is 5.92 Å². The van der Waals surface area contributed by atoms with Crippen LogP contribution >= 0.6 is 23.1 Å². The third-order valence-electron chi connectivity index (χ3n) is 6.14. The van der Waals surface area contributed by atoms with Crippen molar-refractivity contribution in [2.24, 2.45) is 5.92 Å². The van der Waals surface area contributed by atoms with E-state index in [9.17, 15) is 32.3 Å². The smallest absolute Gasteiger partial charge is 0.416 e. The average molecular weight is 550 g/mol. The van der Waals surface area contributed by atoms with E-state index in [-0.39, 0.29) is 5.69 Å². The second-order valence-electron chi connectivity index (χ2n) is 8.42. The minimum absolute atomic E-state index is 0.0680. The molecule has 0 radical (unpaired) electrons. The van der Waals surface area contributed by atoms with E-state index in [1.165, 1.54) is 23.8 Å². The Morgan fingerprint density at radius 2 is 1.84 bits per heavy atom. The Morgan fingerprint density at radius 1 is 1.11 bits per heavy atom. The molecule has 1 saturated heterocycles. The van der Waals surface area contributed by atoms with Crippen LogP contribution < -0.4 is 20.2 Å². The van der Waals surface area contributed by atoms with E-state index in [4.69, 9.17) is 4.74 Å². The molecule has 192 valence electrons. The number of carbonyl (C=O) groups is 3. The van der Waals surface area contributed by atoms with Gasteiger partial charge in [0.05, 0.1) is 23.6 Å². The quantitative estimate of drug-likeness (QED) is 0.473. The molecule has 8 nitrogen and oxygen atoms in total. The lowest BCUT2D eigenvalue weighted by atomic mass is 9.83. The van der Waals surface area contributed by atoms with E-state index in [0.717, 1.165) is 35.2 Å². The Kier molecular flexibility index (Phi) is 6.36. The number of anilines is 1. The summed E-state index contributed by atoms with van der Waals surface area (Å²) in [6.45, 7) is -0.476. The van der Waals surface area contributed by atoms with Crippen LogP contribution in [0.5, 0.6) is 5.75 Å². The first kappa shape index (κ1) is 25.1. The number of methoxy groups -OCH3 is 1. The molecular weight excluding hydrogens is 531 g/mol. The van der Waals surface area contributed by atoms with Gasteiger partial charge < -0.3 is 10.1 Å². The normalized spacial score (nSPS) is 20.7. The van der Waals surface area contributed by atoms with E-state index >= 15 is 0 Å². The van der Waals surface area contributed by atoms with Gasteiger partial charge in [-0.3, -0.25) is 29.1 Å². The summed E-state index contributed by atoms with van der Waals surface area (Å²) in [4.78, 5) is 51.1. The minimum atomic E-state index is -4.58. The molecule has 13 heteroatoms. The first-order valence-electron chi connectivity index (χ1n) is 10.9. The number of imide groups is 1. The number of alkyl halides is 3. The Bertz CT molecular complexity index is 1470. The molecule has 5 rings (SSSR count). The van der Waals surface area contributed by atoms with Crippen LogP contribution in [0.25, 0.3) is 0 Å². The summed E-state index contributed by atoms with van der Waals surface area (Å²) in [7, 11) is 1.51. The number of nitrogens with zero attached hydrogens (tertiary/aromatic N) is 1. The SMILES string of the molecule is COc1ccc([C@@H]2c3sc(=O)n(CC(=O)Nc4cccc(C(F)(F)F)c4)c3S[C@@H]3C(=O)NC(=O)[C@H]23)cc1. The number of thioether (sulfide) groups is 1. The second-order valence-corrected chi connectivity index (χ2v) is 10.5. The first-order chi connectivity index (χ1) is 17.6. The van der Waals surface area contributed by atoms with Gasteiger partial charge in [-0.2, -0.15) is 13.2 Å². The molecule has 2 aromatic carbocycles. The van der Waals surface area contributed by atoms with Crippen molar-refractivity contribution in [3.05, 3.63) is 74.2 Å². The molecule has 1 fully saturated rings. The third-order valence-corrected chi connectivity index (χ3v) is 8.75. The van der Waals surface area contributed by atoms with E-state index in [0.29, 0.717) is 21.2 Å². The van der Waals surface area contributed by atoms with E-state index in [1.54, 1.807) is 24.3 Å². The molecule has 1 aromatic heterocycles. The van der Waals surface area contributed by atoms with Crippen molar-refractivity contribution in [3.63, 3.8) is 0 Å². The van der Waals surface area contributed by atoms with Crippen LogP contribution in [-0.4, -0.2) is 34.6 Å². The molecule has 0 saturated carbocycles. The number of halogens is 3. The van der Waals surface area contributed by atoms with Gasteiger partial charge in [0.15, 0.2) is 0 Å². The number of fused-ring (bicyclic) bond motifs is 2. The summed E-state index contributed by atoms with van der Waals surface area (Å²) in [5.74, 6) is -2.40. The minimum Gasteiger partial charge on any atom is -0.497 e. The highest BCUT2D eigenvalue weighted by atomic mass is 32.2. The van der Waals surface area contributed by atoms with Crippen LogP contribution in [0.3, 0.4) is 0 Å². The molecule has 0 unspecified atom stereocenters. The Hall–Kier alpha value is -3.58. The van der Waals surface area contributed by atoms with Gasteiger partial charge in [0.2, 0.25) is 17.7 Å². The number of thiazole rings is 1. The van der Waals surface area contributed by atoms with Crippen LogP contribution in [-0.2, 0) is 27.1 Å². The number of rotatable bonds is 5. The van der Waals surface area contributed by atoms with Gasteiger partial charge in [0, 0.05) is 16.5 Å². The Morgan fingerprint density at radius 3 is 2.51 bits per heavy atom. The number of nitrogens with one attached hydrogen (secondary N) is 2. The summed E-state index contributed by atoms with van der Waals surface area (Å²) in [5, 5.41) is 4.32. The molecule has 37 heavy (non-hydrogen) atoms. The van der Waals surface area contributed by atoms with Crippen LogP contribution in [0.4, 0.5) is 18.9 Å². The number of ether oxygens (including phenoxy) is 1. The molecule has 0 bridgehead atoms. The van der Waals surface area contributed by atoms with Gasteiger partial charge in [-0.25, -0.2) is 0 Å². The van der Waals surface area contributed by atoms with Crippen molar-refractivity contribution in [3.8, 4) is 5.75 Å². The zero-order valence-electron chi connectivity index (χ0n) is 19.0. The number of hydrogen-bond donors (Lipinski definition) is 2. The summed E-state index contributed by atoms with van der Waals surface area (Å²) in [6, 6.07) is 11.1. The summed E-state index contributed by atoms with van der Waals surface area (Å²) < 4.78 is 45.4. The van der Waals surface area contributed by atoms with Gasteiger partial charge in [-0.05, 0) is 35.9 Å². The summed E-state index contributed by atoms with van der Waals surface area (Å²) >= 11 is 1.91. The molecular formula is C24H18F3N3O5S2. The van der Waals surface area contributed by atoms with Gasteiger partial charge >= 0.3 is 11.0 Å². The zero-order valence-corrected chi connectivity index (χ0v) is 20.6. The number of carbonyl (C=O) groups excluding carboxylic acids is 3.